The van der Waals surface area contributed by atoms with Gasteiger partial charge in [0.15, 0.2) is 5.13 Å². The molecule has 2 unspecified atom stereocenters. The zero-order chi connectivity index (χ0) is 49.6. The molecular formula is C53H57N9O9S. The van der Waals surface area contributed by atoms with E-state index >= 15 is 0 Å². The van der Waals surface area contributed by atoms with Crippen LogP contribution in [-0.2, 0) is 35.1 Å². The van der Waals surface area contributed by atoms with Crippen molar-refractivity contribution in [3.05, 3.63) is 130 Å². The number of fused-ring (bicyclic) bond motifs is 2. The second-order valence-corrected chi connectivity index (χ2v) is 19.3. The molecule has 1 aromatic heterocycles. The van der Waals surface area contributed by atoms with Gasteiger partial charge < -0.3 is 29.3 Å². The molecule has 5 aliphatic rings. The lowest BCUT2D eigenvalue weighted by atomic mass is 10.00. The van der Waals surface area contributed by atoms with Crippen molar-refractivity contribution < 1.29 is 43.0 Å². The Morgan fingerprint density at radius 2 is 1.44 bits per heavy atom. The fourth-order valence-electron chi connectivity index (χ4n) is 10.0. The summed E-state index contributed by atoms with van der Waals surface area (Å²) in [5.41, 5.74) is 6.47. The fourth-order valence-corrected chi connectivity index (χ4v) is 10.5. The fraction of sp³-hybridized carbons (Fsp3) is 0.377. The molecule has 0 saturated carbocycles. The van der Waals surface area contributed by atoms with E-state index in [-0.39, 0.29) is 41.8 Å². The molecule has 19 heteroatoms. The number of imide groups is 2. The molecule has 18 nitrogen and oxygen atoms in total. The molecule has 72 heavy (non-hydrogen) atoms. The summed E-state index contributed by atoms with van der Waals surface area (Å²) in [5, 5.41) is 10.8. The number of aromatic nitrogens is 1. The van der Waals surface area contributed by atoms with Gasteiger partial charge in [-0.25, -0.2) is 4.98 Å². The number of nitrogens with one attached hydrogen (secondary N) is 3. The Labute approximate surface area is 421 Å². The maximum absolute atomic E-state index is 14.0. The van der Waals surface area contributed by atoms with Crippen LogP contribution in [0.2, 0.25) is 0 Å². The number of piperazine rings is 1. The van der Waals surface area contributed by atoms with E-state index in [4.69, 9.17) is 14.2 Å². The highest BCUT2D eigenvalue weighted by atomic mass is 32.1. The van der Waals surface area contributed by atoms with E-state index in [0.29, 0.717) is 62.6 Å². The molecule has 5 aromatic rings. The van der Waals surface area contributed by atoms with E-state index in [1.165, 1.54) is 11.3 Å². The van der Waals surface area contributed by atoms with Gasteiger partial charge in [-0.2, -0.15) is 0 Å². The number of carbonyl (C=O) groups excluding carboxylic acids is 6. The first-order chi connectivity index (χ1) is 35.2. The number of hydrogen-bond acceptors (Lipinski definition) is 15. The number of ether oxygens (including phenoxy) is 3. The molecule has 3 saturated heterocycles. The van der Waals surface area contributed by atoms with E-state index in [2.05, 4.69) is 59.9 Å². The van der Waals surface area contributed by atoms with Crippen molar-refractivity contribution in [1.29, 1.82) is 0 Å². The van der Waals surface area contributed by atoms with Crippen molar-refractivity contribution in [2.75, 3.05) is 108 Å². The van der Waals surface area contributed by atoms with Crippen LogP contribution < -0.4 is 20.9 Å². The largest absolute Gasteiger partial charge is 0.379 e. The Morgan fingerprint density at radius 1 is 0.736 bits per heavy atom. The molecule has 6 heterocycles. The van der Waals surface area contributed by atoms with E-state index in [1.54, 1.807) is 34.7 Å². The lowest BCUT2D eigenvalue weighted by molar-refractivity contribution is -0.136. The number of nitrogens with zero attached hydrogens (tertiary/aromatic N) is 6. The molecule has 374 valence electrons. The molecule has 3 fully saturated rings. The summed E-state index contributed by atoms with van der Waals surface area (Å²) in [4.78, 5) is 92.1. The number of carbonyl (C=O) groups is 6. The molecule has 10 rings (SSSR count). The van der Waals surface area contributed by atoms with Gasteiger partial charge in [0.05, 0.1) is 56.8 Å². The number of thiazole rings is 1. The number of hydrogen-bond donors (Lipinski definition) is 3. The number of piperidine rings is 1. The average molecular weight is 996 g/mol. The maximum Gasteiger partial charge on any atom is 0.264 e. The maximum atomic E-state index is 14.0. The molecular weight excluding hydrogens is 939 g/mol. The molecule has 3 N–H and O–H groups in total. The second kappa shape index (κ2) is 22.3. The Bertz CT molecular complexity index is 2780. The van der Waals surface area contributed by atoms with Crippen LogP contribution in [0.15, 0.2) is 103 Å². The van der Waals surface area contributed by atoms with Gasteiger partial charge in [0.1, 0.15) is 12.1 Å². The molecule has 0 radical (unpaired) electrons. The number of anilines is 3. The predicted molar refractivity (Wildman–Crippen MR) is 270 cm³/mol. The quantitative estimate of drug-likeness (QED) is 0.0687. The van der Waals surface area contributed by atoms with Crippen LogP contribution in [-0.4, -0.2) is 164 Å². The van der Waals surface area contributed by atoms with Crippen LogP contribution in [0, 0.1) is 0 Å². The molecule has 5 aliphatic heterocycles. The smallest absolute Gasteiger partial charge is 0.264 e. The van der Waals surface area contributed by atoms with Crippen molar-refractivity contribution in [3.8, 4) is 11.1 Å². The first kappa shape index (κ1) is 48.7. The van der Waals surface area contributed by atoms with Gasteiger partial charge in [0.25, 0.3) is 23.6 Å². The predicted octanol–water partition coefficient (Wildman–Crippen LogP) is 4.52. The van der Waals surface area contributed by atoms with Crippen LogP contribution in [0.5, 0.6) is 0 Å². The van der Waals surface area contributed by atoms with Gasteiger partial charge in [-0.05, 0) is 59.0 Å². The van der Waals surface area contributed by atoms with Crippen molar-refractivity contribution in [2.45, 2.75) is 37.5 Å². The van der Waals surface area contributed by atoms with Crippen LogP contribution in [0.1, 0.15) is 61.1 Å². The van der Waals surface area contributed by atoms with Gasteiger partial charge in [-0.1, -0.05) is 60.7 Å². The minimum atomic E-state index is -0.998. The van der Waals surface area contributed by atoms with Gasteiger partial charge in [-0.15, -0.1) is 11.3 Å². The summed E-state index contributed by atoms with van der Waals surface area (Å²) < 4.78 is 17.4. The minimum Gasteiger partial charge on any atom is -0.379 e. The van der Waals surface area contributed by atoms with Gasteiger partial charge in [0.2, 0.25) is 11.8 Å². The van der Waals surface area contributed by atoms with Crippen molar-refractivity contribution in [3.63, 3.8) is 0 Å². The van der Waals surface area contributed by atoms with Crippen molar-refractivity contribution in [2.24, 2.45) is 0 Å². The lowest BCUT2D eigenvalue weighted by Gasteiger charge is -2.40. The Hall–Kier alpha value is -6.87. The number of amides is 6. The summed E-state index contributed by atoms with van der Waals surface area (Å²) in [6.45, 7) is 10.3. The zero-order valence-electron chi connectivity index (χ0n) is 39.8. The summed E-state index contributed by atoms with van der Waals surface area (Å²) >= 11 is 1.34. The summed E-state index contributed by atoms with van der Waals surface area (Å²) in [6.07, 6.45) is 1.83. The molecule has 2 atom stereocenters. The lowest BCUT2D eigenvalue weighted by Crippen LogP contribution is -2.55. The molecule has 6 amide bonds. The minimum absolute atomic E-state index is 0.0761. The van der Waals surface area contributed by atoms with Gasteiger partial charge in [-0.3, -0.25) is 54.1 Å². The Balaban J connectivity index is 0.577. The monoisotopic (exact) mass is 995 g/mol. The highest BCUT2D eigenvalue weighted by molar-refractivity contribution is 7.13. The van der Waals surface area contributed by atoms with Crippen LogP contribution in [0.4, 0.5) is 16.5 Å². The van der Waals surface area contributed by atoms with Crippen LogP contribution in [0.25, 0.3) is 11.1 Å². The highest BCUT2D eigenvalue weighted by Gasteiger charge is 2.46. The number of benzene rings is 4. The van der Waals surface area contributed by atoms with Crippen molar-refractivity contribution >= 4 is 63.3 Å². The van der Waals surface area contributed by atoms with Crippen LogP contribution in [0.3, 0.4) is 0 Å². The second-order valence-electron chi connectivity index (χ2n) is 18.4. The van der Waals surface area contributed by atoms with Crippen molar-refractivity contribution in [1.82, 2.24) is 29.9 Å². The molecule has 0 bridgehead atoms. The van der Waals surface area contributed by atoms with Gasteiger partial charge >= 0.3 is 0 Å². The topological polar surface area (TPSA) is 195 Å². The Kier molecular flexibility index (Phi) is 15.1. The third-order valence-electron chi connectivity index (χ3n) is 13.9. The number of rotatable bonds is 21. The van der Waals surface area contributed by atoms with E-state index in [0.717, 1.165) is 85.2 Å². The first-order valence-electron chi connectivity index (χ1n) is 24.5. The first-order valence-corrected chi connectivity index (χ1v) is 25.4. The SMILES string of the molecule is O=C1CCC(N2C(=O)c3cccc(NC4CN(CCOCCOCCOCCN5CCN(c6ccc(-c7ccc8c(c7)C(=O)N(C(C(=O)Nc7nccs7)c7ccccc7)C8)cc6)CC5)C4)c3C2=O)C(=O)N1. The Morgan fingerprint density at radius 3 is 2.15 bits per heavy atom. The third-order valence-corrected chi connectivity index (χ3v) is 14.5. The van der Waals surface area contributed by atoms with E-state index in [1.807, 2.05) is 48.5 Å². The normalized spacial score (nSPS) is 18.8. The molecule has 0 spiro atoms. The summed E-state index contributed by atoms with van der Waals surface area (Å²) in [6, 6.07) is 27.3. The highest BCUT2D eigenvalue weighted by Crippen LogP contribution is 2.36. The summed E-state index contributed by atoms with van der Waals surface area (Å²) in [7, 11) is 0. The third kappa shape index (κ3) is 10.8. The van der Waals surface area contributed by atoms with Gasteiger partial charge in [0, 0.05) is 93.8 Å². The van der Waals surface area contributed by atoms with E-state index in [9.17, 15) is 28.8 Å². The zero-order valence-corrected chi connectivity index (χ0v) is 40.7. The van der Waals surface area contributed by atoms with Crippen LogP contribution >= 0.6 is 11.3 Å². The summed E-state index contributed by atoms with van der Waals surface area (Å²) in [5.74, 6) is -2.54. The number of likely N-dealkylation sites (tertiary alicyclic amines) is 1. The van der Waals surface area contributed by atoms with E-state index < -0.39 is 35.7 Å². The average Bonchev–Trinajstić information content (AvgIpc) is 4.08. The standard InChI is InChI=1S/C53H57N9O9S/c63-45-16-15-44(48(64)56-45)62-51(67)41-7-4-8-43(46(41)52(62)68)55-39-33-59(34-39)23-25-70-27-29-71-28-26-69-24-22-58-18-20-60(21-19-58)40-13-11-35(12-14-40)37-9-10-38-32-61(50(66)42(38)31-37)47(36-5-2-1-3-6-36)49(65)57-53-54-17-30-72-53/h1-14,17,30-31,39,44,47,55H,15-16,18-29,32-34H2,(H,54,57,65)(H,56,63,64). The molecule has 4 aromatic carbocycles. The molecule has 0 aliphatic carbocycles.